The Bertz CT molecular complexity index is 561. The first-order valence-corrected chi connectivity index (χ1v) is 5.59. The number of H-pyrrole nitrogens is 1. The minimum atomic E-state index is -0.410. The number of aromatic amines is 1. The van der Waals surface area contributed by atoms with Crippen LogP contribution in [0.4, 0.5) is 0 Å². The molecular formula is C13H13N3O3. The van der Waals surface area contributed by atoms with E-state index in [-0.39, 0.29) is 0 Å². The molecule has 2 amide bonds. The molecule has 1 aromatic heterocycles. The van der Waals surface area contributed by atoms with Crippen LogP contribution in [0.15, 0.2) is 42.6 Å². The summed E-state index contributed by atoms with van der Waals surface area (Å²) in [5.41, 5.74) is 5.43. The number of rotatable bonds is 3. The van der Waals surface area contributed by atoms with E-state index in [9.17, 15) is 9.59 Å². The molecule has 3 N–H and O–H groups in total. The third kappa shape index (κ3) is 3.12. The molecule has 0 saturated heterocycles. The Labute approximate surface area is 109 Å². The van der Waals surface area contributed by atoms with Crippen molar-refractivity contribution in [2.24, 2.45) is 0 Å². The molecule has 0 atom stereocenters. The minimum Gasteiger partial charge on any atom is -0.497 e. The summed E-state index contributed by atoms with van der Waals surface area (Å²) in [6.45, 7) is 0. The number of methoxy groups -OCH3 is 1. The van der Waals surface area contributed by atoms with Crippen molar-refractivity contribution in [2.75, 3.05) is 7.11 Å². The fourth-order valence-corrected chi connectivity index (χ4v) is 1.47. The molecule has 0 aliphatic heterocycles. The van der Waals surface area contributed by atoms with Gasteiger partial charge in [-0.15, -0.1) is 0 Å². The molecule has 2 aromatic rings. The van der Waals surface area contributed by atoms with Gasteiger partial charge in [0.1, 0.15) is 11.4 Å². The first-order valence-electron chi connectivity index (χ1n) is 5.59. The summed E-state index contributed by atoms with van der Waals surface area (Å²) in [5, 5.41) is 0. The second-order valence-corrected chi connectivity index (χ2v) is 3.72. The van der Waals surface area contributed by atoms with Crippen LogP contribution in [0.2, 0.25) is 0 Å². The van der Waals surface area contributed by atoms with Gasteiger partial charge in [-0.2, -0.15) is 0 Å². The second-order valence-electron chi connectivity index (χ2n) is 3.72. The molecule has 1 aromatic carbocycles. The lowest BCUT2D eigenvalue weighted by molar-refractivity contribution is 0.0844. The molecule has 2 rings (SSSR count). The van der Waals surface area contributed by atoms with Gasteiger partial charge >= 0.3 is 0 Å². The standard InChI is InChI=1S/C13H13N3O3/c1-19-10-6-4-9(5-7-10)12(17)15-16-13(18)11-3-2-8-14-11/h2-8,14H,1H3,(H,15,17)(H,16,18). The van der Waals surface area contributed by atoms with E-state index in [4.69, 9.17) is 4.74 Å². The smallest absolute Gasteiger partial charge is 0.286 e. The molecule has 0 spiro atoms. The molecule has 0 aliphatic rings. The molecule has 19 heavy (non-hydrogen) atoms. The van der Waals surface area contributed by atoms with Gasteiger partial charge in [0.25, 0.3) is 11.8 Å². The summed E-state index contributed by atoms with van der Waals surface area (Å²) < 4.78 is 4.99. The number of benzene rings is 1. The second kappa shape index (κ2) is 5.72. The molecule has 0 bridgehead atoms. The molecule has 6 nitrogen and oxygen atoms in total. The van der Waals surface area contributed by atoms with Crippen LogP contribution in [0, 0.1) is 0 Å². The number of amides is 2. The summed E-state index contributed by atoms with van der Waals surface area (Å²) in [4.78, 5) is 26.0. The Kier molecular flexibility index (Phi) is 3.82. The van der Waals surface area contributed by atoms with E-state index in [1.54, 1.807) is 49.7 Å². The van der Waals surface area contributed by atoms with Crippen LogP contribution in [0.5, 0.6) is 5.75 Å². The van der Waals surface area contributed by atoms with Crippen LogP contribution in [-0.4, -0.2) is 23.9 Å². The number of hydrogen-bond donors (Lipinski definition) is 3. The highest BCUT2D eigenvalue weighted by Gasteiger charge is 2.09. The van der Waals surface area contributed by atoms with Gasteiger partial charge in [-0.25, -0.2) is 0 Å². The Morgan fingerprint density at radius 1 is 1.05 bits per heavy atom. The lowest BCUT2D eigenvalue weighted by atomic mass is 10.2. The number of aromatic nitrogens is 1. The number of carbonyl (C=O) groups is 2. The maximum Gasteiger partial charge on any atom is 0.286 e. The van der Waals surface area contributed by atoms with Crippen LogP contribution >= 0.6 is 0 Å². The van der Waals surface area contributed by atoms with E-state index < -0.39 is 11.8 Å². The molecule has 98 valence electrons. The zero-order valence-electron chi connectivity index (χ0n) is 10.3. The highest BCUT2D eigenvalue weighted by molar-refractivity contribution is 5.98. The number of ether oxygens (including phenoxy) is 1. The zero-order chi connectivity index (χ0) is 13.7. The van der Waals surface area contributed by atoms with Crippen molar-refractivity contribution in [1.82, 2.24) is 15.8 Å². The van der Waals surface area contributed by atoms with Crippen molar-refractivity contribution in [3.05, 3.63) is 53.9 Å². The molecule has 0 fully saturated rings. The average molecular weight is 259 g/mol. The summed E-state index contributed by atoms with van der Waals surface area (Å²) in [5.74, 6) is -0.151. The summed E-state index contributed by atoms with van der Waals surface area (Å²) in [7, 11) is 1.55. The van der Waals surface area contributed by atoms with Crippen molar-refractivity contribution in [3.63, 3.8) is 0 Å². The van der Waals surface area contributed by atoms with Gasteiger partial charge in [0.05, 0.1) is 7.11 Å². The molecule has 0 saturated carbocycles. The van der Waals surface area contributed by atoms with E-state index in [0.29, 0.717) is 17.0 Å². The van der Waals surface area contributed by atoms with Crippen molar-refractivity contribution >= 4 is 11.8 Å². The van der Waals surface area contributed by atoms with Crippen LogP contribution in [-0.2, 0) is 0 Å². The van der Waals surface area contributed by atoms with E-state index in [1.807, 2.05) is 0 Å². The summed E-state index contributed by atoms with van der Waals surface area (Å²) in [6, 6.07) is 9.85. The number of hydrazine groups is 1. The van der Waals surface area contributed by atoms with Crippen molar-refractivity contribution in [1.29, 1.82) is 0 Å². The molecule has 0 unspecified atom stereocenters. The Balaban J connectivity index is 1.92. The highest BCUT2D eigenvalue weighted by Crippen LogP contribution is 2.10. The van der Waals surface area contributed by atoms with Gasteiger partial charge in [0.15, 0.2) is 0 Å². The van der Waals surface area contributed by atoms with Crippen LogP contribution in [0.3, 0.4) is 0 Å². The maximum absolute atomic E-state index is 11.7. The maximum atomic E-state index is 11.7. The first-order chi connectivity index (χ1) is 9.20. The average Bonchev–Trinajstić information content (AvgIpc) is 2.98. The first kappa shape index (κ1) is 12.7. The van der Waals surface area contributed by atoms with E-state index in [2.05, 4.69) is 15.8 Å². The van der Waals surface area contributed by atoms with E-state index in [0.717, 1.165) is 0 Å². The monoisotopic (exact) mass is 259 g/mol. The summed E-state index contributed by atoms with van der Waals surface area (Å²) >= 11 is 0. The summed E-state index contributed by atoms with van der Waals surface area (Å²) in [6.07, 6.45) is 1.63. The lowest BCUT2D eigenvalue weighted by Crippen LogP contribution is -2.41. The van der Waals surface area contributed by atoms with Gasteiger partial charge in [0, 0.05) is 11.8 Å². The Morgan fingerprint density at radius 3 is 2.32 bits per heavy atom. The third-order valence-electron chi connectivity index (χ3n) is 2.48. The normalized spacial score (nSPS) is 9.74. The minimum absolute atomic E-state index is 0.370. The largest absolute Gasteiger partial charge is 0.497 e. The predicted molar refractivity (Wildman–Crippen MR) is 68.7 cm³/mol. The van der Waals surface area contributed by atoms with Gasteiger partial charge < -0.3 is 9.72 Å². The van der Waals surface area contributed by atoms with Crippen molar-refractivity contribution in [2.45, 2.75) is 0 Å². The lowest BCUT2D eigenvalue weighted by Gasteiger charge is -2.07. The molecule has 0 aliphatic carbocycles. The molecule has 1 heterocycles. The van der Waals surface area contributed by atoms with Crippen LogP contribution in [0.25, 0.3) is 0 Å². The Hall–Kier alpha value is -2.76. The number of carbonyl (C=O) groups excluding carboxylic acids is 2. The van der Waals surface area contributed by atoms with Gasteiger partial charge in [-0.1, -0.05) is 0 Å². The van der Waals surface area contributed by atoms with E-state index in [1.165, 1.54) is 0 Å². The molecule has 0 radical (unpaired) electrons. The van der Waals surface area contributed by atoms with Gasteiger partial charge in [-0.05, 0) is 36.4 Å². The number of hydrogen-bond acceptors (Lipinski definition) is 3. The quantitative estimate of drug-likeness (QED) is 0.722. The van der Waals surface area contributed by atoms with Crippen molar-refractivity contribution < 1.29 is 14.3 Å². The van der Waals surface area contributed by atoms with Crippen LogP contribution < -0.4 is 15.6 Å². The molecular weight excluding hydrogens is 246 g/mol. The topological polar surface area (TPSA) is 83.2 Å². The van der Waals surface area contributed by atoms with Crippen molar-refractivity contribution in [3.8, 4) is 5.75 Å². The van der Waals surface area contributed by atoms with Gasteiger partial charge in [0.2, 0.25) is 0 Å². The predicted octanol–water partition coefficient (Wildman–Crippen LogP) is 1.10. The van der Waals surface area contributed by atoms with E-state index >= 15 is 0 Å². The zero-order valence-corrected chi connectivity index (χ0v) is 10.3. The third-order valence-corrected chi connectivity index (χ3v) is 2.48. The fourth-order valence-electron chi connectivity index (χ4n) is 1.47. The Morgan fingerprint density at radius 2 is 1.74 bits per heavy atom. The molecule has 6 heteroatoms. The highest BCUT2D eigenvalue weighted by atomic mass is 16.5. The van der Waals surface area contributed by atoms with Crippen LogP contribution in [0.1, 0.15) is 20.8 Å². The fraction of sp³-hybridized carbons (Fsp3) is 0.0769. The number of nitrogens with one attached hydrogen (secondary N) is 3. The SMILES string of the molecule is COc1ccc(C(=O)NNC(=O)c2ccc[nH]2)cc1. The van der Waals surface area contributed by atoms with Gasteiger partial charge in [-0.3, -0.25) is 20.4 Å².